The quantitative estimate of drug-likeness (QED) is 0.629. The zero-order valence-corrected chi connectivity index (χ0v) is 9.13. The lowest BCUT2D eigenvalue weighted by atomic mass is 10.3. The minimum atomic E-state index is 0.473. The van der Waals surface area contributed by atoms with Crippen LogP contribution in [0.25, 0.3) is 0 Å². The first-order valence-electron chi connectivity index (χ1n) is 4.26. The Labute approximate surface area is 86.1 Å². The predicted molar refractivity (Wildman–Crippen MR) is 57.5 cm³/mol. The molecule has 0 saturated heterocycles. The second-order valence-corrected chi connectivity index (χ2v) is 3.53. The van der Waals surface area contributed by atoms with Crippen molar-refractivity contribution in [2.45, 2.75) is 19.8 Å². The van der Waals surface area contributed by atoms with Crippen molar-refractivity contribution < 1.29 is 0 Å². The molecular weight excluding hydrogens is 232 g/mol. The first-order valence-corrected chi connectivity index (χ1v) is 5.05. The monoisotopic (exact) mass is 244 g/mol. The van der Waals surface area contributed by atoms with Crippen molar-refractivity contribution in [3.8, 4) is 0 Å². The fraction of sp³-hybridized carbons (Fsp3) is 0.500. The molecule has 0 unspecified atom stereocenters. The van der Waals surface area contributed by atoms with E-state index in [-0.39, 0.29) is 0 Å². The first kappa shape index (κ1) is 10.2. The molecule has 0 radical (unpaired) electrons. The summed E-state index contributed by atoms with van der Waals surface area (Å²) in [6.45, 7) is 3.02. The molecule has 1 rings (SSSR count). The lowest BCUT2D eigenvalue weighted by Crippen LogP contribution is -2.06. The average Bonchev–Trinajstić information content (AvgIpc) is 2.03. The van der Waals surface area contributed by atoms with Crippen LogP contribution in [0, 0.1) is 0 Å². The molecule has 0 aliphatic rings. The van der Waals surface area contributed by atoms with Gasteiger partial charge in [0.1, 0.15) is 10.4 Å². The Morgan fingerprint density at radius 3 is 2.92 bits per heavy atom. The molecule has 0 amide bonds. The molecule has 0 spiro atoms. The van der Waals surface area contributed by atoms with E-state index < -0.39 is 0 Å². The summed E-state index contributed by atoms with van der Waals surface area (Å²) >= 11 is 3.25. The highest BCUT2D eigenvalue weighted by molar-refractivity contribution is 9.10. The molecule has 0 bridgehead atoms. The maximum atomic E-state index is 5.54. The fourth-order valence-electron chi connectivity index (χ4n) is 0.891. The standard InChI is InChI=1S/C8H13BrN4/c1-2-3-4-11-8-12-6(9)5-7(10)13-8/h5H,2-4H2,1H3,(H3,10,11,12,13). The highest BCUT2D eigenvalue weighted by atomic mass is 79.9. The Morgan fingerprint density at radius 1 is 1.54 bits per heavy atom. The highest BCUT2D eigenvalue weighted by Crippen LogP contribution is 2.12. The number of nitrogen functional groups attached to an aromatic ring is 1. The van der Waals surface area contributed by atoms with Gasteiger partial charge in [0, 0.05) is 12.6 Å². The van der Waals surface area contributed by atoms with Gasteiger partial charge in [0.15, 0.2) is 0 Å². The van der Waals surface area contributed by atoms with Crippen LogP contribution in [0.15, 0.2) is 10.7 Å². The summed E-state index contributed by atoms with van der Waals surface area (Å²) < 4.78 is 0.707. The minimum absolute atomic E-state index is 0.473. The van der Waals surface area contributed by atoms with Crippen LogP contribution in [-0.2, 0) is 0 Å². The van der Waals surface area contributed by atoms with Crippen molar-refractivity contribution in [1.29, 1.82) is 0 Å². The minimum Gasteiger partial charge on any atom is -0.383 e. The molecule has 1 heterocycles. The summed E-state index contributed by atoms with van der Waals surface area (Å²) in [6.07, 6.45) is 2.26. The third kappa shape index (κ3) is 3.59. The normalized spacial score (nSPS) is 10.0. The average molecular weight is 245 g/mol. The molecule has 5 heteroatoms. The summed E-state index contributed by atoms with van der Waals surface area (Å²) in [5.74, 6) is 1.06. The topological polar surface area (TPSA) is 63.8 Å². The van der Waals surface area contributed by atoms with Gasteiger partial charge < -0.3 is 11.1 Å². The van der Waals surface area contributed by atoms with Crippen LogP contribution in [0.5, 0.6) is 0 Å². The van der Waals surface area contributed by atoms with Crippen molar-refractivity contribution in [2.75, 3.05) is 17.6 Å². The Balaban J connectivity index is 2.56. The third-order valence-electron chi connectivity index (χ3n) is 1.53. The maximum Gasteiger partial charge on any atom is 0.225 e. The van der Waals surface area contributed by atoms with Crippen LogP contribution in [0.3, 0.4) is 0 Å². The zero-order chi connectivity index (χ0) is 9.68. The molecule has 1 aromatic rings. The summed E-state index contributed by atoms with van der Waals surface area (Å²) in [5.41, 5.74) is 5.54. The number of aromatic nitrogens is 2. The van der Waals surface area contributed by atoms with Gasteiger partial charge in [0.25, 0.3) is 0 Å². The molecule has 13 heavy (non-hydrogen) atoms. The summed E-state index contributed by atoms with van der Waals surface area (Å²) in [7, 11) is 0. The molecule has 3 N–H and O–H groups in total. The number of unbranched alkanes of at least 4 members (excludes halogenated alkanes) is 1. The molecule has 0 fully saturated rings. The van der Waals surface area contributed by atoms with Gasteiger partial charge >= 0.3 is 0 Å². The van der Waals surface area contributed by atoms with E-state index in [4.69, 9.17) is 5.73 Å². The third-order valence-corrected chi connectivity index (χ3v) is 1.93. The van der Waals surface area contributed by atoms with Crippen LogP contribution in [0.4, 0.5) is 11.8 Å². The molecular formula is C8H13BrN4. The Kier molecular flexibility index (Phi) is 3.95. The number of hydrogen-bond acceptors (Lipinski definition) is 4. The number of hydrogen-bond donors (Lipinski definition) is 2. The van der Waals surface area contributed by atoms with Crippen LogP contribution in [0.2, 0.25) is 0 Å². The predicted octanol–water partition coefficient (Wildman–Crippen LogP) is 2.03. The van der Waals surface area contributed by atoms with Crippen LogP contribution in [0.1, 0.15) is 19.8 Å². The lowest BCUT2D eigenvalue weighted by molar-refractivity contribution is 0.826. The van der Waals surface area contributed by atoms with E-state index >= 15 is 0 Å². The molecule has 0 aliphatic carbocycles. The van der Waals surface area contributed by atoms with E-state index in [9.17, 15) is 0 Å². The van der Waals surface area contributed by atoms with Gasteiger partial charge in [0.05, 0.1) is 0 Å². The van der Waals surface area contributed by atoms with Gasteiger partial charge in [-0.25, -0.2) is 4.98 Å². The second kappa shape index (κ2) is 5.01. The van der Waals surface area contributed by atoms with Gasteiger partial charge in [-0.05, 0) is 22.4 Å². The number of anilines is 2. The molecule has 0 atom stereocenters. The Hall–Kier alpha value is -0.840. The zero-order valence-electron chi connectivity index (χ0n) is 7.55. The second-order valence-electron chi connectivity index (χ2n) is 2.72. The van der Waals surface area contributed by atoms with E-state index in [2.05, 4.69) is 38.1 Å². The largest absolute Gasteiger partial charge is 0.383 e. The van der Waals surface area contributed by atoms with Crippen molar-refractivity contribution in [3.63, 3.8) is 0 Å². The molecule has 1 aromatic heterocycles. The number of nitrogens with zero attached hydrogens (tertiary/aromatic N) is 2. The van der Waals surface area contributed by atoms with Crippen LogP contribution in [-0.4, -0.2) is 16.5 Å². The summed E-state index contributed by atoms with van der Waals surface area (Å²) in [5, 5.41) is 3.10. The van der Waals surface area contributed by atoms with E-state index in [0.29, 0.717) is 16.4 Å². The first-order chi connectivity index (χ1) is 6.22. The molecule has 0 saturated carbocycles. The van der Waals surface area contributed by atoms with Crippen molar-refractivity contribution >= 4 is 27.7 Å². The van der Waals surface area contributed by atoms with Crippen molar-refractivity contribution in [3.05, 3.63) is 10.7 Å². The number of halogens is 1. The highest BCUT2D eigenvalue weighted by Gasteiger charge is 1.98. The van der Waals surface area contributed by atoms with Crippen LogP contribution < -0.4 is 11.1 Å². The fourth-order valence-corrected chi connectivity index (χ4v) is 1.29. The molecule has 72 valence electrons. The SMILES string of the molecule is CCCCNc1nc(N)cc(Br)n1. The van der Waals surface area contributed by atoms with Crippen LogP contribution >= 0.6 is 15.9 Å². The van der Waals surface area contributed by atoms with Gasteiger partial charge in [-0.1, -0.05) is 13.3 Å². The van der Waals surface area contributed by atoms with Crippen molar-refractivity contribution in [1.82, 2.24) is 9.97 Å². The van der Waals surface area contributed by atoms with Gasteiger partial charge in [-0.3, -0.25) is 0 Å². The number of nitrogens with one attached hydrogen (secondary N) is 1. The van der Waals surface area contributed by atoms with E-state index in [1.165, 1.54) is 0 Å². The molecule has 4 nitrogen and oxygen atoms in total. The van der Waals surface area contributed by atoms with E-state index in [1.807, 2.05) is 0 Å². The maximum absolute atomic E-state index is 5.54. The number of nitrogens with two attached hydrogens (primary N) is 1. The van der Waals surface area contributed by atoms with E-state index in [1.54, 1.807) is 6.07 Å². The molecule has 0 aliphatic heterocycles. The van der Waals surface area contributed by atoms with Gasteiger partial charge in [-0.2, -0.15) is 4.98 Å². The van der Waals surface area contributed by atoms with Gasteiger partial charge in [-0.15, -0.1) is 0 Å². The summed E-state index contributed by atoms with van der Waals surface area (Å²) in [6, 6.07) is 1.67. The number of rotatable bonds is 4. The molecule has 0 aromatic carbocycles. The smallest absolute Gasteiger partial charge is 0.225 e. The Bertz CT molecular complexity index is 257. The summed E-state index contributed by atoms with van der Waals surface area (Å²) in [4.78, 5) is 8.15. The van der Waals surface area contributed by atoms with Crippen molar-refractivity contribution in [2.24, 2.45) is 0 Å². The van der Waals surface area contributed by atoms with E-state index in [0.717, 1.165) is 19.4 Å². The van der Waals surface area contributed by atoms with Gasteiger partial charge in [0.2, 0.25) is 5.95 Å². The lowest BCUT2D eigenvalue weighted by Gasteiger charge is -2.04. The Morgan fingerprint density at radius 2 is 2.31 bits per heavy atom.